The molecule has 8 fully saturated rings. The minimum Gasteiger partial charge on any atom is -0.497 e. The summed E-state index contributed by atoms with van der Waals surface area (Å²) in [5.74, 6) is -5.19. The zero-order valence-electron chi connectivity index (χ0n) is 60.8. The summed E-state index contributed by atoms with van der Waals surface area (Å²) in [7, 11) is -6.05. The molecule has 0 spiro atoms. The molecule has 0 unspecified atom stereocenters. The van der Waals surface area contributed by atoms with Gasteiger partial charge in [-0.15, -0.1) is 13.2 Å². The molecule has 12 rings (SSSR count). The number of anilines is 2. The molecule has 22 nitrogen and oxygen atoms in total. The Bertz CT molecular complexity index is 4220. The number of methoxy groups -OCH3 is 1. The van der Waals surface area contributed by atoms with Crippen LogP contribution < -0.4 is 24.0 Å². The van der Waals surface area contributed by atoms with E-state index < -0.39 is 99.9 Å². The maximum atomic E-state index is 14.6. The highest BCUT2D eigenvalue weighted by Gasteiger charge is 2.63. The smallest absolute Gasteiger partial charge is 0.306 e. The van der Waals surface area contributed by atoms with Crippen molar-refractivity contribution in [3.63, 3.8) is 0 Å². The van der Waals surface area contributed by atoms with Gasteiger partial charge < -0.3 is 33.8 Å². The average molecular weight is 1460 g/mol. The van der Waals surface area contributed by atoms with Crippen molar-refractivity contribution in [2.24, 2.45) is 45.3 Å². The normalized spacial score (nSPS) is 23.9. The third-order valence-corrected chi connectivity index (χ3v) is 26.1. The number of ketones is 2. The average Bonchev–Trinajstić information content (AvgIpc) is 1.58. The van der Waals surface area contributed by atoms with Crippen LogP contribution in [0.5, 0.6) is 5.75 Å². The summed E-state index contributed by atoms with van der Waals surface area (Å²) in [6, 6.07) is 30.8. The lowest BCUT2D eigenvalue weighted by molar-refractivity contribution is -0.156. The van der Waals surface area contributed by atoms with E-state index in [2.05, 4.69) is 28.7 Å². The monoisotopic (exact) mass is 1460 g/mol. The number of hydrogen-bond acceptors (Lipinski definition) is 18. The van der Waals surface area contributed by atoms with Crippen molar-refractivity contribution in [1.29, 1.82) is 5.26 Å². The minimum absolute atomic E-state index is 0.0792. The molecule has 0 aromatic heterocycles. The molecule has 4 aromatic carbocycles. The highest BCUT2D eigenvalue weighted by Crippen LogP contribution is 2.58. The molecule has 24 heteroatoms. The van der Waals surface area contributed by atoms with E-state index in [0.29, 0.717) is 37.7 Å². The van der Waals surface area contributed by atoms with E-state index in [1.165, 1.54) is 9.80 Å². The summed E-state index contributed by atoms with van der Waals surface area (Å²) in [4.78, 5) is 118. The van der Waals surface area contributed by atoms with Crippen molar-refractivity contribution in [2.45, 2.75) is 192 Å². The Balaban J connectivity index is 0.000000208. The number of benzene rings is 4. The van der Waals surface area contributed by atoms with Gasteiger partial charge in [-0.1, -0.05) is 102 Å². The molecule has 556 valence electrons. The van der Waals surface area contributed by atoms with Gasteiger partial charge in [0.15, 0.2) is 11.6 Å². The molecule has 0 radical (unpaired) electrons. The van der Waals surface area contributed by atoms with Gasteiger partial charge in [-0.2, -0.15) is 5.26 Å². The lowest BCUT2D eigenvalue weighted by atomic mass is 9.77. The second kappa shape index (κ2) is 30.8. The number of Topliss-reactive ketones (excluding diaryl/α,β-unsaturated/α-hetero) is 2. The zero-order valence-corrected chi connectivity index (χ0v) is 62.4. The first kappa shape index (κ1) is 76.4. The topological polar surface area (TPSA) is 293 Å². The molecule has 6 saturated carbocycles. The van der Waals surface area contributed by atoms with E-state index in [1.54, 1.807) is 31.4 Å². The van der Waals surface area contributed by atoms with Crippen molar-refractivity contribution in [2.75, 3.05) is 43.3 Å². The van der Waals surface area contributed by atoms with Crippen LogP contribution in [-0.2, 0) is 67.9 Å². The Hall–Kier alpha value is -8.69. The second-order valence-electron chi connectivity index (χ2n) is 32.0. The Morgan fingerprint density at radius 2 is 0.933 bits per heavy atom. The molecule has 6 aliphatic carbocycles. The fraction of sp³-hybridized carbons (Fsp3) is 0.537. The Kier molecular flexibility index (Phi) is 22.6. The van der Waals surface area contributed by atoms with E-state index in [4.69, 9.17) is 19.5 Å². The first-order valence-electron chi connectivity index (χ1n) is 36.6. The summed E-state index contributed by atoms with van der Waals surface area (Å²) in [6.07, 6.45) is 12.0. The van der Waals surface area contributed by atoms with Crippen LogP contribution in [0.1, 0.15) is 163 Å². The van der Waals surface area contributed by atoms with Gasteiger partial charge in [-0.25, -0.2) is 16.8 Å². The largest absolute Gasteiger partial charge is 0.497 e. The van der Waals surface area contributed by atoms with Gasteiger partial charge in [0.1, 0.15) is 30.0 Å². The maximum absolute atomic E-state index is 14.6. The summed E-state index contributed by atoms with van der Waals surface area (Å²) < 4.78 is 72.3. The fourth-order valence-electron chi connectivity index (χ4n) is 15.3. The number of nitrogens with zero attached hydrogens (tertiary/aromatic N) is 5. The van der Waals surface area contributed by atoms with Gasteiger partial charge in [0, 0.05) is 37.3 Å². The van der Waals surface area contributed by atoms with Crippen molar-refractivity contribution >= 4 is 78.6 Å². The van der Waals surface area contributed by atoms with Crippen LogP contribution in [0.4, 0.5) is 11.4 Å². The highest BCUT2D eigenvalue weighted by molar-refractivity contribution is 7.91. The van der Waals surface area contributed by atoms with Crippen LogP contribution in [0.3, 0.4) is 0 Å². The van der Waals surface area contributed by atoms with E-state index in [-0.39, 0.29) is 106 Å². The lowest BCUT2D eigenvalue weighted by Gasteiger charge is -2.34. The molecule has 2 aliphatic heterocycles. The van der Waals surface area contributed by atoms with E-state index in [0.717, 1.165) is 90.7 Å². The van der Waals surface area contributed by atoms with E-state index in [1.807, 2.05) is 136 Å². The number of nitriles is 1. The minimum atomic E-state index is -3.84. The number of amides is 4. The van der Waals surface area contributed by atoms with Crippen molar-refractivity contribution in [3.05, 3.63) is 128 Å². The van der Waals surface area contributed by atoms with Gasteiger partial charge in [0.25, 0.3) is 0 Å². The number of hydrogen-bond donors (Lipinski definition) is 2. The van der Waals surface area contributed by atoms with Crippen LogP contribution in [0.25, 0.3) is 22.3 Å². The summed E-state index contributed by atoms with van der Waals surface area (Å²) >= 11 is 0. The molecule has 8 aliphatic rings. The van der Waals surface area contributed by atoms with Gasteiger partial charge in [-0.3, -0.25) is 47.8 Å². The Morgan fingerprint density at radius 1 is 0.558 bits per heavy atom. The van der Waals surface area contributed by atoms with Gasteiger partial charge in [0.2, 0.25) is 43.7 Å². The number of ether oxygens (including phenoxy) is 3. The number of carbonyl (C=O) groups excluding carboxylic acids is 8. The third kappa shape index (κ3) is 17.5. The molecule has 104 heavy (non-hydrogen) atoms. The van der Waals surface area contributed by atoms with Gasteiger partial charge in [-0.05, 0) is 183 Å². The number of esters is 2. The zero-order chi connectivity index (χ0) is 74.8. The first-order chi connectivity index (χ1) is 49.3. The molecule has 2 saturated heterocycles. The quantitative estimate of drug-likeness (QED) is 0.0414. The van der Waals surface area contributed by atoms with Crippen LogP contribution >= 0.6 is 0 Å². The first-order valence-corrected chi connectivity index (χ1v) is 39.7. The lowest BCUT2D eigenvalue weighted by Crippen LogP contribution is -2.49. The van der Waals surface area contributed by atoms with Crippen molar-refractivity contribution < 1.29 is 69.4 Å². The van der Waals surface area contributed by atoms with Crippen molar-refractivity contribution in [1.82, 2.24) is 19.2 Å². The number of carbonyl (C=O) groups is 8. The second-order valence-corrected chi connectivity index (χ2v) is 35.9. The maximum Gasteiger partial charge on any atom is 0.306 e. The number of nitrogens with one attached hydrogen (secondary N) is 2. The Labute approximate surface area is 611 Å². The van der Waals surface area contributed by atoms with E-state index >= 15 is 0 Å². The predicted molar refractivity (Wildman–Crippen MR) is 393 cm³/mol. The molecule has 0 bridgehead atoms. The molecule has 4 aromatic rings. The van der Waals surface area contributed by atoms with Crippen LogP contribution in [0.15, 0.2) is 122 Å². The number of sulfonamides is 2. The number of allylic oxidation sites excluding steroid dienone is 2. The summed E-state index contributed by atoms with van der Waals surface area (Å²) in [5.41, 5.74) is 2.15. The summed E-state index contributed by atoms with van der Waals surface area (Å²) in [6.45, 7) is 19.5. The molecule has 4 amide bonds. The molecule has 2 N–H and O–H groups in total. The highest BCUT2D eigenvalue weighted by atomic mass is 32.2. The standard InChI is InChI=1S/C40H48N4O7S.C40H51N3O8S/c1-5-29-21-40(29,38(48)42-52(49,50)32-18-19-32)22-35(45)34-24-43(30-16-14-28(15-17-30)27-12-10-26(23-41)11-13-27)25-44(34)37(47)33(39(2,3)4)20-36(46)51-31-8-6-7-9-31;1-6-28-22-40(28,38(47)41-52(48,49)32-18-19-32)23-35(44)34-24-42(29-16-14-26(15-17-29)27-10-9-13-31(20-27)50-5)25-43(34)37(46)33(39(2,3)4)21-36(45)51-30-11-7-8-12-30/h5,10-17,29,31-34H,1,6-9,18-22,24-25H2,2-4H3,(H,42,48);6,9-10,13-17,20,28,30,32-34H,1,7-8,11-12,18-19,21-25H2,2-5H3,(H,41,47)/t29-,33-,34+,40-;28-,33-,34+,40-/m11/s1. The number of rotatable bonds is 27. The summed E-state index contributed by atoms with van der Waals surface area (Å²) in [5, 5.41) is 7.97. The third-order valence-electron chi connectivity index (χ3n) is 22.5. The molecular formula is C80H99N7O15S2. The van der Waals surface area contributed by atoms with Gasteiger partial charge in [0.05, 0.1) is 78.1 Å². The Morgan fingerprint density at radius 3 is 1.27 bits per heavy atom. The van der Waals surface area contributed by atoms with Gasteiger partial charge >= 0.3 is 11.9 Å². The van der Waals surface area contributed by atoms with Crippen molar-refractivity contribution in [3.8, 4) is 34.1 Å². The molecular weight excluding hydrogens is 1360 g/mol. The van der Waals surface area contributed by atoms with E-state index in [9.17, 15) is 55.2 Å². The molecule has 2 heterocycles. The molecule has 8 atom stereocenters. The fourth-order valence-corrected chi connectivity index (χ4v) is 18.1. The van der Waals surface area contributed by atoms with Crippen LogP contribution in [0.2, 0.25) is 0 Å². The van der Waals surface area contributed by atoms with Crippen LogP contribution in [0, 0.1) is 56.7 Å². The van der Waals surface area contributed by atoms with Crippen LogP contribution in [-0.4, -0.2) is 142 Å². The SMILES string of the molecule is C=C[C@@H]1C[C@]1(CC(=O)[C@@H]1CN(c2ccc(-c3ccc(C#N)cc3)cc2)CN1C(=O)[C@@H](CC(=O)OC1CCCC1)C(C)(C)C)C(=O)NS(=O)(=O)C1CC1.C=C[C@@H]1C[C@]1(CC(=O)[C@@H]1CN(c2ccc(-c3cccc(OC)c3)cc2)CN1C(=O)[C@@H](CC(=O)OC1CCCC1)C(C)(C)C)C(=O)NS(=O)(=O)C1CC1. The predicted octanol–water partition coefficient (Wildman–Crippen LogP) is 11.1.